The highest BCUT2D eigenvalue weighted by atomic mass is 16.7. The van der Waals surface area contributed by atoms with Crippen LogP contribution in [0.15, 0.2) is 23.8 Å². The van der Waals surface area contributed by atoms with Crippen LogP contribution in [0.1, 0.15) is 47.5 Å². The second-order valence-electron chi connectivity index (χ2n) is 9.24. The van der Waals surface area contributed by atoms with Gasteiger partial charge in [0, 0.05) is 6.92 Å². The number of allylic oxidation sites excluding steroid dienone is 1. The van der Waals surface area contributed by atoms with Crippen LogP contribution in [0.4, 0.5) is 0 Å². The first kappa shape index (κ1) is 22.0. The predicted molar refractivity (Wildman–Crippen MR) is 104 cm³/mol. The number of ether oxygens (including phenoxy) is 5. The van der Waals surface area contributed by atoms with Crippen LogP contribution >= 0.6 is 0 Å². The fraction of sp³-hybridized carbons (Fsp3) is 0.682. The van der Waals surface area contributed by atoms with E-state index >= 15 is 0 Å². The minimum Gasteiger partial charge on any atom is -0.455 e. The lowest BCUT2D eigenvalue weighted by atomic mass is 9.72. The van der Waals surface area contributed by atoms with Gasteiger partial charge in [-0.1, -0.05) is 19.6 Å². The van der Waals surface area contributed by atoms with E-state index in [2.05, 4.69) is 6.58 Å². The third kappa shape index (κ3) is 2.97. The Morgan fingerprint density at radius 2 is 1.90 bits per heavy atom. The molecule has 1 aliphatic carbocycles. The number of aliphatic hydroxyl groups is 1. The molecule has 3 fully saturated rings. The Labute approximate surface area is 180 Å². The Balaban J connectivity index is 1.88. The van der Waals surface area contributed by atoms with Crippen molar-refractivity contribution in [3.05, 3.63) is 23.8 Å². The first-order valence-corrected chi connectivity index (χ1v) is 10.4. The predicted octanol–water partition coefficient (Wildman–Crippen LogP) is 1.32. The molecule has 8 atom stereocenters. The minimum absolute atomic E-state index is 0.0974. The molecular weight excluding hydrogens is 408 g/mol. The fourth-order valence-electron chi connectivity index (χ4n) is 4.89. The van der Waals surface area contributed by atoms with E-state index in [0.29, 0.717) is 18.4 Å². The van der Waals surface area contributed by atoms with Crippen LogP contribution in [0.2, 0.25) is 0 Å². The summed E-state index contributed by atoms with van der Waals surface area (Å²) < 4.78 is 28.5. The van der Waals surface area contributed by atoms with Crippen LogP contribution < -0.4 is 0 Å². The third-order valence-corrected chi connectivity index (χ3v) is 7.17. The van der Waals surface area contributed by atoms with E-state index < -0.39 is 59.1 Å². The third-order valence-electron chi connectivity index (χ3n) is 7.17. The maximum Gasteiger partial charge on any atom is 0.341 e. The van der Waals surface area contributed by atoms with Crippen molar-refractivity contribution < 1.29 is 43.2 Å². The first-order valence-electron chi connectivity index (χ1n) is 10.4. The second kappa shape index (κ2) is 6.88. The summed E-state index contributed by atoms with van der Waals surface area (Å²) in [4.78, 5) is 37.7. The highest BCUT2D eigenvalue weighted by molar-refractivity contribution is 5.94. The zero-order chi connectivity index (χ0) is 22.9. The van der Waals surface area contributed by atoms with Gasteiger partial charge in [0.05, 0.1) is 17.1 Å². The van der Waals surface area contributed by atoms with Crippen molar-refractivity contribution in [2.24, 2.45) is 5.41 Å². The van der Waals surface area contributed by atoms with Crippen LogP contribution in [0, 0.1) is 5.41 Å². The molecule has 170 valence electrons. The van der Waals surface area contributed by atoms with E-state index in [-0.39, 0.29) is 11.7 Å². The molecule has 0 amide bonds. The molecule has 0 saturated carbocycles. The van der Waals surface area contributed by atoms with Crippen LogP contribution in [-0.2, 0) is 38.1 Å². The zero-order valence-corrected chi connectivity index (χ0v) is 18.3. The van der Waals surface area contributed by atoms with Gasteiger partial charge in [-0.05, 0) is 39.2 Å². The van der Waals surface area contributed by atoms with Crippen LogP contribution in [0.25, 0.3) is 0 Å². The standard InChI is InChI=1S/C22H28O9/c1-10-8-7-9-20(5)17-22(31-18(20)25,11(2)16(24)29-17)15(14(10)27-13(4)23)28-19(26)21(6)12(3)30-21/h8,12,14-15,17-18,25H,2,7,9H2,1,3-6H3/b10-8+/t12-,14-,15-,17-,18+,20-,21+,22+/m1/s1. The van der Waals surface area contributed by atoms with E-state index in [9.17, 15) is 19.5 Å². The normalized spacial score (nSPS) is 47.8. The van der Waals surface area contributed by atoms with E-state index in [1.807, 2.05) is 6.08 Å². The van der Waals surface area contributed by atoms with Crippen LogP contribution in [0.5, 0.6) is 0 Å². The largest absolute Gasteiger partial charge is 0.455 e. The van der Waals surface area contributed by atoms with E-state index in [4.69, 9.17) is 23.7 Å². The summed E-state index contributed by atoms with van der Waals surface area (Å²) in [5, 5.41) is 10.9. The fourth-order valence-corrected chi connectivity index (χ4v) is 4.89. The second-order valence-corrected chi connectivity index (χ2v) is 9.24. The summed E-state index contributed by atoms with van der Waals surface area (Å²) >= 11 is 0. The van der Waals surface area contributed by atoms with Gasteiger partial charge in [0.25, 0.3) is 0 Å². The van der Waals surface area contributed by atoms with Crippen molar-refractivity contribution in [1.29, 1.82) is 0 Å². The van der Waals surface area contributed by atoms with E-state index in [0.717, 1.165) is 0 Å². The molecule has 0 aromatic carbocycles. The summed E-state index contributed by atoms with van der Waals surface area (Å²) in [5.41, 5.74) is -3.37. The molecule has 9 heteroatoms. The molecule has 3 aliphatic heterocycles. The van der Waals surface area contributed by atoms with Crippen molar-refractivity contribution >= 4 is 17.9 Å². The van der Waals surface area contributed by atoms with Gasteiger partial charge in [0.1, 0.15) is 6.10 Å². The number of rotatable bonds is 3. The number of esters is 3. The lowest BCUT2D eigenvalue weighted by Crippen LogP contribution is -2.59. The lowest BCUT2D eigenvalue weighted by Gasteiger charge is -2.39. The number of aliphatic hydroxyl groups excluding tert-OH is 1. The molecule has 0 aromatic rings. The summed E-state index contributed by atoms with van der Waals surface area (Å²) in [6.45, 7) is 11.9. The molecule has 4 rings (SSSR count). The van der Waals surface area contributed by atoms with Gasteiger partial charge in [-0.15, -0.1) is 0 Å². The average Bonchev–Trinajstić information content (AvgIpc) is 3.14. The van der Waals surface area contributed by atoms with E-state index in [1.165, 1.54) is 6.92 Å². The van der Waals surface area contributed by atoms with Gasteiger partial charge in [-0.25, -0.2) is 9.59 Å². The van der Waals surface area contributed by atoms with Gasteiger partial charge >= 0.3 is 17.9 Å². The smallest absolute Gasteiger partial charge is 0.341 e. The summed E-state index contributed by atoms with van der Waals surface area (Å²) in [5.74, 6) is -2.01. The van der Waals surface area contributed by atoms with E-state index in [1.54, 1.807) is 27.7 Å². The number of carbonyl (C=O) groups excluding carboxylic acids is 3. The molecule has 9 nitrogen and oxygen atoms in total. The monoisotopic (exact) mass is 436 g/mol. The first-order chi connectivity index (χ1) is 14.4. The van der Waals surface area contributed by atoms with Crippen molar-refractivity contribution in [1.82, 2.24) is 0 Å². The Morgan fingerprint density at radius 3 is 2.48 bits per heavy atom. The molecule has 0 spiro atoms. The number of hydrogen-bond acceptors (Lipinski definition) is 9. The number of epoxide rings is 1. The average molecular weight is 436 g/mol. The highest BCUT2D eigenvalue weighted by Gasteiger charge is 2.75. The molecule has 0 radical (unpaired) electrons. The summed E-state index contributed by atoms with van der Waals surface area (Å²) in [6, 6.07) is 0. The van der Waals surface area contributed by atoms with Crippen LogP contribution in [-0.4, -0.2) is 64.9 Å². The SMILES string of the molecule is C=C1C(=O)O[C@@H]2[C@@]3(C)CC/C=C(\C)[C@@H](OC(C)=O)[C@@H](OC(=O)[C@@]4(C)O[C@@H]4C)[C@@]12O[C@@H]3O. The van der Waals surface area contributed by atoms with Crippen LogP contribution in [0.3, 0.4) is 0 Å². The number of hydrogen-bond donors (Lipinski definition) is 1. The van der Waals surface area contributed by atoms with Gasteiger partial charge in [-0.3, -0.25) is 4.79 Å². The molecule has 4 aliphatic rings. The molecule has 31 heavy (non-hydrogen) atoms. The Morgan fingerprint density at radius 1 is 1.26 bits per heavy atom. The molecule has 3 heterocycles. The van der Waals surface area contributed by atoms with Gasteiger partial charge in [-0.2, -0.15) is 0 Å². The Bertz CT molecular complexity index is 893. The Hall–Kier alpha value is -2.23. The molecular formula is C22H28O9. The van der Waals surface area contributed by atoms with Gasteiger partial charge < -0.3 is 28.8 Å². The number of carbonyl (C=O) groups is 3. The molecule has 2 bridgehead atoms. The quantitative estimate of drug-likeness (QED) is 0.230. The summed E-state index contributed by atoms with van der Waals surface area (Å²) in [6.07, 6.45) is -2.30. The highest BCUT2D eigenvalue weighted by Crippen LogP contribution is 2.58. The van der Waals surface area contributed by atoms with Crippen molar-refractivity contribution in [2.45, 2.75) is 89.4 Å². The van der Waals surface area contributed by atoms with Crippen molar-refractivity contribution in [3.63, 3.8) is 0 Å². The molecule has 0 aromatic heterocycles. The minimum atomic E-state index is -1.73. The zero-order valence-electron chi connectivity index (χ0n) is 18.3. The van der Waals surface area contributed by atoms with Gasteiger partial charge in [0.2, 0.25) is 0 Å². The maximum absolute atomic E-state index is 13.1. The topological polar surface area (TPSA) is 121 Å². The summed E-state index contributed by atoms with van der Waals surface area (Å²) in [7, 11) is 0. The Kier molecular flexibility index (Phi) is 4.88. The molecule has 0 unspecified atom stereocenters. The molecule has 3 saturated heterocycles. The maximum atomic E-state index is 13.1. The van der Waals surface area contributed by atoms with Crippen molar-refractivity contribution in [2.75, 3.05) is 0 Å². The lowest BCUT2D eigenvalue weighted by molar-refractivity contribution is -0.213. The van der Waals surface area contributed by atoms with Crippen molar-refractivity contribution in [3.8, 4) is 0 Å². The molecule has 1 N–H and O–H groups in total. The van der Waals surface area contributed by atoms with Gasteiger partial charge in [0.15, 0.2) is 29.7 Å².